The third-order valence-corrected chi connectivity index (χ3v) is 4.50. The Labute approximate surface area is 143 Å². The molecular formula is C18H27N5O. The van der Waals surface area contributed by atoms with Crippen molar-refractivity contribution >= 4 is 5.82 Å². The lowest BCUT2D eigenvalue weighted by Gasteiger charge is -2.30. The van der Waals surface area contributed by atoms with Gasteiger partial charge in [-0.2, -0.15) is 4.98 Å². The Bertz CT molecular complexity index is 642. The van der Waals surface area contributed by atoms with Crippen molar-refractivity contribution in [2.24, 2.45) is 5.92 Å². The maximum Gasteiger partial charge on any atom is 0.261 e. The molecular weight excluding hydrogens is 302 g/mol. The highest BCUT2D eigenvalue weighted by Gasteiger charge is 2.15. The first-order chi connectivity index (χ1) is 11.7. The van der Waals surface area contributed by atoms with E-state index in [0.29, 0.717) is 11.7 Å². The summed E-state index contributed by atoms with van der Waals surface area (Å²) in [4.78, 5) is 11.3. The molecule has 6 nitrogen and oxygen atoms in total. The van der Waals surface area contributed by atoms with Gasteiger partial charge in [-0.05, 0) is 63.7 Å². The summed E-state index contributed by atoms with van der Waals surface area (Å²) in [5, 5.41) is 7.26. The number of nitrogens with one attached hydrogen (secondary N) is 1. The SMILES string of the molecule is Cc1noc(-c2cccnc2NCCCCN2CCCC(C)C2)n1. The summed E-state index contributed by atoms with van der Waals surface area (Å²) in [5.74, 6) is 2.82. The van der Waals surface area contributed by atoms with E-state index in [1.807, 2.05) is 19.1 Å². The standard InChI is InChI=1S/C18H27N5O/c1-14-7-6-12-23(13-14)11-4-3-9-19-17-16(8-5-10-20-17)18-21-15(2)22-24-18/h5,8,10,14H,3-4,6-7,9,11-13H2,1-2H3,(H,19,20). The van der Waals surface area contributed by atoms with Crippen molar-refractivity contribution in [3.8, 4) is 11.5 Å². The van der Waals surface area contributed by atoms with Crippen LogP contribution in [-0.4, -0.2) is 46.2 Å². The van der Waals surface area contributed by atoms with Crippen LogP contribution in [0.2, 0.25) is 0 Å². The number of hydrogen-bond acceptors (Lipinski definition) is 6. The molecule has 6 heteroatoms. The lowest BCUT2D eigenvalue weighted by atomic mass is 10.0. The first kappa shape index (κ1) is 16.9. The Morgan fingerprint density at radius 1 is 1.38 bits per heavy atom. The molecule has 3 rings (SSSR count). The fourth-order valence-corrected chi connectivity index (χ4v) is 3.28. The fraction of sp³-hybridized carbons (Fsp3) is 0.611. The second-order valence-electron chi connectivity index (χ2n) is 6.73. The zero-order valence-electron chi connectivity index (χ0n) is 14.7. The summed E-state index contributed by atoms with van der Waals surface area (Å²) >= 11 is 0. The first-order valence-electron chi connectivity index (χ1n) is 8.94. The Morgan fingerprint density at radius 2 is 2.29 bits per heavy atom. The summed E-state index contributed by atoms with van der Waals surface area (Å²) in [6, 6.07) is 3.84. The van der Waals surface area contributed by atoms with Gasteiger partial charge in [0.2, 0.25) is 0 Å². The van der Waals surface area contributed by atoms with Gasteiger partial charge in [-0.15, -0.1) is 0 Å². The topological polar surface area (TPSA) is 67.1 Å². The van der Waals surface area contributed by atoms with E-state index in [1.165, 1.54) is 38.9 Å². The zero-order valence-corrected chi connectivity index (χ0v) is 14.7. The van der Waals surface area contributed by atoms with Gasteiger partial charge in [0, 0.05) is 19.3 Å². The fourth-order valence-electron chi connectivity index (χ4n) is 3.28. The molecule has 2 aromatic heterocycles. The lowest BCUT2D eigenvalue weighted by Crippen LogP contribution is -2.35. The largest absolute Gasteiger partial charge is 0.369 e. The number of rotatable bonds is 7. The molecule has 0 saturated carbocycles. The molecule has 3 heterocycles. The number of nitrogens with zero attached hydrogens (tertiary/aromatic N) is 4. The number of unbranched alkanes of at least 4 members (excludes halogenated alkanes) is 1. The zero-order chi connectivity index (χ0) is 16.8. The van der Waals surface area contributed by atoms with E-state index < -0.39 is 0 Å². The average Bonchev–Trinajstić information content (AvgIpc) is 3.01. The molecule has 0 bridgehead atoms. The molecule has 0 amide bonds. The lowest BCUT2D eigenvalue weighted by molar-refractivity contribution is 0.181. The molecule has 1 aliphatic rings. The van der Waals surface area contributed by atoms with Crippen LogP contribution in [0.25, 0.3) is 11.5 Å². The van der Waals surface area contributed by atoms with E-state index in [0.717, 1.165) is 30.3 Å². The van der Waals surface area contributed by atoms with Gasteiger partial charge in [-0.1, -0.05) is 12.1 Å². The summed E-state index contributed by atoms with van der Waals surface area (Å²) in [6.07, 6.45) is 6.85. The molecule has 0 aromatic carbocycles. The predicted octanol–water partition coefficient (Wildman–Crippen LogP) is 3.36. The molecule has 0 spiro atoms. The van der Waals surface area contributed by atoms with Gasteiger partial charge in [0.15, 0.2) is 5.82 Å². The van der Waals surface area contributed by atoms with Crippen LogP contribution < -0.4 is 5.32 Å². The van der Waals surface area contributed by atoms with Crippen molar-refractivity contribution in [1.29, 1.82) is 0 Å². The molecule has 1 atom stereocenters. The molecule has 0 radical (unpaired) electrons. The van der Waals surface area contributed by atoms with Crippen LogP contribution in [-0.2, 0) is 0 Å². The number of hydrogen-bond donors (Lipinski definition) is 1. The van der Waals surface area contributed by atoms with Crippen LogP contribution in [0.15, 0.2) is 22.9 Å². The smallest absolute Gasteiger partial charge is 0.261 e. The molecule has 1 saturated heterocycles. The van der Waals surface area contributed by atoms with Crippen LogP contribution in [0.3, 0.4) is 0 Å². The van der Waals surface area contributed by atoms with Crippen molar-refractivity contribution in [3.63, 3.8) is 0 Å². The third kappa shape index (κ3) is 4.54. The van der Waals surface area contributed by atoms with Crippen molar-refractivity contribution in [2.75, 3.05) is 31.5 Å². The minimum Gasteiger partial charge on any atom is -0.369 e. The highest BCUT2D eigenvalue weighted by molar-refractivity contribution is 5.68. The minimum atomic E-state index is 0.519. The van der Waals surface area contributed by atoms with Crippen molar-refractivity contribution in [1.82, 2.24) is 20.0 Å². The summed E-state index contributed by atoms with van der Waals surface area (Å²) in [6.45, 7) is 8.80. The highest BCUT2D eigenvalue weighted by atomic mass is 16.5. The first-order valence-corrected chi connectivity index (χ1v) is 8.94. The van der Waals surface area contributed by atoms with Crippen LogP contribution in [0.4, 0.5) is 5.82 Å². The third-order valence-electron chi connectivity index (χ3n) is 4.50. The Hall–Kier alpha value is -1.95. The molecule has 1 aliphatic heterocycles. The average molecular weight is 329 g/mol. The maximum absolute atomic E-state index is 5.26. The summed E-state index contributed by atoms with van der Waals surface area (Å²) < 4.78 is 5.26. The second kappa shape index (κ2) is 8.24. The van der Waals surface area contributed by atoms with Crippen LogP contribution in [0.5, 0.6) is 0 Å². The number of anilines is 1. The monoisotopic (exact) mass is 329 g/mol. The molecule has 2 aromatic rings. The van der Waals surface area contributed by atoms with Crippen molar-refractivity contribution in [2.45, 2.75) is 39.5 Å². The van der Waals surface area contributed by atoms with Crippen molar-refractivity contribution < 1.29 is 4.52 Å². The normalized spacial score (nSPS) is 18.7. The van der Waals surface area contributed by atoms with E-state index in [-0.39, 0.29) is 0 Å². The number of pyridine rings is 1. The van der Waals surface area contributed by atoms with Crippen molar-refractivity contribution in [3.05, 3.63) is 24.2 Å². The number of piperidine rings is 1. The molecule has 1 N–H and O–H groups in total. The molecule has 0 aliphatic carbocycles. The van der Waals surface area contributed by atoms with E-state index in [2.05, 4.69) is 32.3 Å². The predicted molar refractivity (Wildman–Crippen MR) is 94.8 cm³/mol. The van der Waals surface area contributed by atoms with Crippen LogP contribution >= 0.6 is 0 Å². The Morgan fingerprint density at radius 3 is 3.08 bits per heavy atom. The Kier molecular flexibility index (Phi) is 5.80. The second-order valence-corrected chi connectivity index (χ2v) is 6.73. The number of aromatic nitrogens is 3. The summed E-state index contributed by atoms with van der Waals surface area (Å²) in [7, 11) is 0. The van der Waals surface area contributed by atoms with Gasteiger partial charge in [0.25, 0.3) is 5.89 Å². The quantitative estimate of drug-likeness (QED) is 0.786. The van der Waals surface area contributed by atoms with Crippen LogP contribution in [0, 0.1) is 12.8 Å². The van der Waals surface area contributed by atoms with Gasteiger partial charge in [0.1, 0.15) is 5.82 Å². The van der Waals surface area contributed by atoms with Gasteiger partial charge >= 0.3 is 0 Å². The van der Waals surface area contributed by atoms with Gasteiger partial charge in [0.05, 0.1) is 5.56 Å². The number of aryl methyl sites for hydroxylation is 1. The van der Waals surface area contributed by atoms with E-state index in [9.17, 15) is 0 Å². The molecule has 1 unspecified atom stereocenters. The highest BCUT2D eigenvalue weighted by Crippen LogP contribution is 2.24. The van der Waals surface area contributed by atoms with E-state index >= 15 is 0 Å². The number of likely N-dealkylation sites (tertiary alicyclic amines) is 1. The Balaban J connectivity index is 1.45. The van der Waals surface area contributed by atoms with Gasteiger partial charge in [-0.25, -0.2) is 4.98 Å². The summed E-state index contributed by atoms with van der Waals surface area (Å²) in [5.41, 5.74) is 0.864. The maximum atomic E-state index is 5.26. The van der Waals surface area contributed by atoms with Gasteiger partial charge < -0.3 is 14.7 Å². The van der Waals surface area contributed by atoms with E-state index in [1.54, 1.807) is 6.20 Å². The molecule has 1 fully saturated rings. The minimum absolute atomic E-state index is 0.519. The van der Waals surface area contributed by atoms with Gasteiger partial charge in [-0.3, -0.25) is 0 Å². The van der Waals surface area contributed by atoms with Crippen LogP contribution in [0.1, 0.15) is 38.4 Å². The van der Waals surface area contributed by atoms with E-state index in [4.69, 9.17) is 4.52 Å². The molecule has 130 valence electrons. The molecule has 24 heavy (non-hydrogen) atoms.